The first-order valence-corrected chi connectivity index (χ1v) is 16.2. The molecule has 242 valence electrons. The van der Waals surface area contributed by atoms with E-state index in [1.165, 1.54) is 6.07 Å². The maximum Gasteiger partial charge on any atom is 0.343 e. The van der Waals surface area contributed by atoms with Gasteiger partial charge in [0.25, 0.3) is 0 Å². The lowest BCUT2D eigenvalue weighted by molar-refractivity contribution is 0.0734. The standard InChI is InChI=1S/C37H35ClFN3O5/c1-3-44-32-19-24(37(43)46-26-8-5-4-6-9-26)18-30-35(32)40-34(41(30)2)21-42-16-14-23(15-17-42)27-10-7-11-31-36(27)47-33(22-45-31)28-13-12-25(38)20-29(28)39/h4-13,18-20,23,33H,3,14-17,21-22H2,1-2H3/t33-/m1/s1. The molecule has 1 saturated heterocycles. The minimum Gasteiger partial charge on any atom is -0.492 e. The number of esters is 1. The van der Waals surface area contributed by atoms with Crippen molar-refractivity contribution in [3.63, 3.8) is 0 Å². The van der Waals surface area contributed by atoms with E-state index in [2.05, 4.69) is 11.0 Å². The van der Waals surface area contributed by atoms with Crippen LogP contribution >= 0.6 is 11.6 Å². The van der Waals surface area contributed by atoms with Crippen molar-refractivity contribution in [1.82, 2.24) is 14.5 Å². The summed E-state index contributed by atoms with van der Waals surface area (Å²) in [5, 5.41) is 0.345. The van der Waals surface area contributed by atoms with Gasteiger partial charge in [-0.15, -0.1) is 0 Å². The summed E-state index contributed by atoms with van der Waals surface area (Å²) in [6.07, 6.45) is 1.29. The number of benzene rings is 4. The van der Waals surface area contributed by atoms with Gasteiger partial charge in [-0.1, -0.05) is 48.0 Å². The molecule has 10 heteroatoms. The maximum absolute atomic E-state index is 14.7. The number of para-hydroxylation sites is 2. The van der Waals surface area contributed by atoms with Crippen molar-refractivity contribution in [2.75, 3.05) is 26.3 Å². The second-order valence-corrected chi connectivity index (χ2v) is 12.3. The Morgan fingerprint density at radius 3 is 2.60 bits per heavy atom. The number of carbonyl (C=O) groups is 1. The fourth-order valence-corrected chi connectivity index (χ4v) is 6.60. The maximum atomic E-state index is 14.7. The van der Waals surface area contributed by atoms with Crippen LogP contribution in [0.4, 0.5) is 4.39 Å². The summed E-state index contributed by atoms with van der Waals surface area (Å²) in [6, 6.07) is 23.1. The highest BCUT2D eigenvalue weighted by atomic mass is 35.5. The highest BCUT2D eigenvalue weighted by Crippen LogP contribution is 2.45. The van der Waals surface area contributed by atoms with Crippen LogP contribution < -0.4 is 18.9 Å². The third-order valence-electron chi connectivity index (χ3n) is 8.90. The van der Waals surface area contributed by atoms with E-state index in [1.54, 1.807) is 30.3 Å². The lowest BCUT2D eigenvalue weighted by Gasteiger charge is -2.35. The van der Waals surface area contributed by atoms with Gasteiger partial charge in [-0.3, -0.25) is 4.90 Å². The molecule has 5 aromatic rings. The fraction of sp³-hybridized carbons (Fsp3) is 0.297. The van der Waals surface area contributed by atoms with Crippen LogP contribution in [0.25, 0.3) is 11.0 Å². The Kier molecular flexibility index (Phi) is 8.75. The van der Waals surface area contributed by atoms with Gasteiger partial charge in [0.2, 0.25) is 0 Å². The van der Waals surface area contributed by atoms with E-state index in [9.17, 15) is 9.18 Å². The first-order valence-electron chi connectivity index (χ1n) is 15.9. The van der Waals surface area contributed by atoms with Gasteiger partial charge < -0.3 is 23.5 Å². The van der Waals surface area contributed by atoms with Crippen molar-refractivity contribution in [2.24, 2.45) is 7.05 Å². The topological polar surface area (TPSA) is 75.1 Å². The largest absolute Gasteiger partial charge is 0.492 e. The zero-order valence-corrected chi connectivity index (χ0v) is 27.0. The summed E-state index contributed by atoms with van der Waals surface area (Å²) >= 11 is 5.97. The zero-order chi connectivity index (χ0) is 32.5. The van der Waals surface area contributed by atoms with Crippen LogP contribution in [0.2, 0.25) is 5.02 Å². The van der Waals surface area contributed by atoms with Gasteiger partial charge in [0.1, 0.15) is 35.3 Å². The molecule has 3 heterocycles. The van der Waals surface area contributed by atoms with E-state index in [1.807, 2.05) is 54.9 Å². The van der Waals surface area contributed by atoms with Crippen LogP contribution in [0.15, 0.2) is 78.9 Å². The summed E-state index contributed by atoms with van der Waals surface area (Å²) < 4.78 is 40.7. The van der Waals surface area contributed by atoms with Gasteiger partial charge in [0.05, 0.1) is 24.2 Å². The molecule has 0 bridgehead atoms. The van der Waals surface area contributed by atoms with E-state index in [0.29, 0.717) is 52.3 Å². The highest BCUT2D eigenvalue weighted by Gasteiger charge is 2.31. The minimum atomic E-state index is -0.555. The molecule has 0 saturated carbocycles. The smallest absolute Gasteiger partial charge is 0.343 e. The van der Waals surface area contributed by atoms with Crippen LogP contribution in [0.5, 0.6) is 23.0 Å². The molecule has 0 spiro atoms. The number of ether oxygens (including phenoxy) is 4. The van der Waals surface area contributed by atoms with Crippen LogP contribution in [0.1, 0.15) is 59.1 Å². The second-order valence-electron chi connectivity index (χ2n) is 11.9. The molecule has 1 fully saturated rings. The van der Waals surface area contributed by atoms with E-state index >= 15 is 0 Å². The number of aromatic nitrogens is 2. The van der Waals surface area contributed by atoms with Crippen molar-refractivity contribution in [3.8, 4) is 23.0 Å². The lowest BCUT2D eigenvalue weighted by atomic mass is 9.88. The highest BCUT2D eigenvalue weighted by molar-refractivity contribution is 6.30. The average molecular weight is 656 g/mol. The second kappa shape index (κ2) is 13.3. The SMILES string of the molecule is CCOc1cc(C(=O)Oc2ccccc2)cc2c1nc(CN1CCC(c3cccc4c3O[C@@H](c3ccc(Cl)cc3F)CO4)CC1)n2C. The van der Waals surface area contributed by atoms with Crippen LogP contribution in [0, 0.1) is 5.82 Å². The fourth-order valence-electron chi connectivity index (χ4n) is 6.44. The Morgan fingerprint density at radius 1 is 1.02 bits per heavy atom. The molecule has 0 N–H and O–H groups in total. The number of hydrogen-bond acceptors (Lipinski definition) is 7. The number of halogens is 2. The number of aryl methyl sites for hydroxylation is 1. The molecule has 47 heavy (non-hydrogen) atoms. The van der Waals surface area contributed by atoms with E-state index in [0.717, 1.165) is 48.4 Å². The number of fused-ring (bicyclic) bond motifs is 2. The van der Waals surface area contributed by atoms with Gasteiger partial charge in [-0.2, -0.15) is 0 Å². The van der Waals surface area contributed by atoms with Crippen molar-refractivity contribution < 1.29 is 28.1 Å². The van der Waals surface area contributed by atoms with Crippen LogP contribution in [-0.4, -0.2) is 46.7 Å². The Bertz CT molecular complexity index is 1920. The lowest BCUT2D eigenvalue weighted by Crippen LogP contribution is -2.33. The number of carbonyl (C=O) groups excluding carboxylic acids is 1. The number of likely N-dealkylation sites (tertiary alicyclic amines) is 1. The molecule has 2 aliphatic rings. The van der Waals surface area contributed by atoms with E-state index in [4.69, 9.17) is 35.5 Å². The monoisotopic (exact) mass is 655 g/mol. The summed E-state index contributed by atoms with van der Waals surface area (Å²) in [5.74, 6) is 2.71. The number of imidazole rings is 1. The van der Waals surface area contributed by atoms with Gasteiger partial charge in [-0.05, 0) is 81.2 Å². The number of rotatable bonds is 8. The third-order valence-corrected chi connectivity index (χ3v) is 9.13. The average Bonchev–Trinajstić information content (AvgIpc) is 3.40. The quantitative estimate of drug-likeness (QED) is 0.124. The number of nitrogens with zero attached hydrogens (tertiary/aromatic N) is 3. The third kappa shape index (κ3) is 6.38. The predicted molar refractivity (Wildman–Crippen MR) is 177 cm³/mol. The molecule has 0 radical (unpaired) electrons. The van der Waals surface area contributed by atoms with Crippen molar-refractivity contribution >= 4 is 28.6 Å². The number of piperidine rings is 1. The Morgan fingerprint density at radius 2 is 1.83 bits per heavy atom. The normalized spacial score (nSPS) is 16.7. The first kappa shape index (κ1) is 31.0. The Hall–Kier alpha value is -4.60. The molecule has 8 nitrogen and oxygen atoms in total. The minimum absolute atomic E-state index is 0.228. The van der Waals surface area contributed by atoms with Gasteiger partial charge >= 0.3 is 5.97 Å². The first-order chi connectivity index (χ1) is 22.9. The zero-order valence-electron chi connectivity index (χ0n) is 26.2. The summed E-state index contributed by atoms with van der Waals surface area (Å²) in [4.78, 5) is 20.4. The Labute approximate surface area is 277 Å². The molecule has 2 aliphatic heterocycles. The molecule has 0 unspecified atom stereocenters. The summed E-state index contributed by atoms with van der Waals surface area (Å²) in [6.45, 7) is 4.95. The van der Waals surface area contributed by atoms with Crippen LogP contribution in [-0.2, 0) is 13.6 Å². The van der Waals surface area contributed by atoms with E-state index in [-0.39, 0.29) is 12.5 Å². The van der Waals surface area contributed by atoms with Gasteiger partial charge in [-0.25, -0.2) is 14.2 Å². The molecule has 4 aromatic carbocycles. The summed E-state index contributed by atoms with van der Waals surface area (Å²) in [7, 11) is 1.97. The van der Waals surface area contributed by atoms with E-state index < -0.39 is 17.9 Å². The molecule has 0 aliphatic carbocycles. The Balaban J connectivity index is 1.06. The van der Waals surface area contributed by atoms with Gasteiger partial charge in [0.15, 0.2) is 17.6 Å². The van der Waals surface area contributed by atoms with Crippen molar-refractivity contribution in [3.05, 3.63) is 112 Å². The predicted octanol–water partition coefficient (Wildman–Crippen LogP) is 7.88. The molecule has 1 atom stereocenters. The van der Waals surface area contributed by atoms with Crippen LogP contribution in [0.3, 0.4) is 0 Å². The summed E-state index contributed by atoms with van der Waals surface area (Å²) in [5.41, 5.74) is 3.44. The molecular weight excluding hydrogens is 621 g/mol. The molecular formula is C37H35ClFN3O5. The molecule has 7 rings (SSSR count). The number of hydrogen-bond donors (Lipinski definition) is 0. The van der Waals surface area contributed by atoms with Crippen molar-refractivity contribution in [2.45, 2.75) is 38.3 Å². The molecule has 1 aromatic heterocycles. The molecule has 0 amide bonds. The van der Waals surface area contributed by atoms with Gasteiger partial charge in [0, 0.05) is 23.2 Å². The van der Waals surface area contributed by atoms with Crippen molar-refractivity contribution in [1.29, 1.82) is 0 Å².